The number of nitrogens with one attached hydrogen (secondary N) is 3. The van der Waals surface area contributed by atoms with Crippen LogP contribution < -0.4 is 20.3 Å². The Morgan fingerprint density at radius 1 is 1.33 bits per heavy atom. The van der Waals surface area contributed by atoms with E-state index in [1.54, 1.807) is 6.08 Å². The summed E-state index contributed by atoms with van der Waals surface area (Å²) in [6.45, 7) is 2.09. The van der Waals surface area contributed by atoms with Crippen LogP contribution >= 0.6 is 11.6 Å². The Kier molecular flexibility index (Phi) is 5.12. The molecule has 6 nitrogen and oxygen atoms in total. The number of rotatable bonds is 5. The lowest BCUT2D eigenvalue weighted by atomic mass is 9.92. The maximum atomic E-state index is 13.1. The maximum Gasteiger partial charge on any atom is 0.487 e. The van der Waals surface area contributed by atoms with Gasteiger partial charge in [0, 0.05) is 46.2 Å². The molecule has 3 unspecified atom stereocenters. The van der Waals surface area contributed by atoms with E-state index in [1.807, 2.05) is 12.1 Å². The minimum absolute atomic E-state index is 0.0565. The molecule has 2 aromatic carbocycles. The first-order valence-electron chi connectivity index (χ1n) is 10.5. The molecule has 0 saturated heterocycles. The highest BCUT2D eigenvalue weighted by Gasteiger charge is 2.45. The van der Waals surface area contributed by atoms with Crippen molar-refractivity contribution in [2.45, 2.75) is 37.0 Å². The van der Waals surface area contributed by atoms with Crippen LogP contribution in [-0.2, 0) is 0 Å². The maximum absolute atomic E-state index is 13.1. The van der Waals surface area contributed by atoms with Gasteiger partial charge >= 0.3 is 5.57 Å². The van der Waals surface area contributed by atoms with Crippen molar-refractivity contribution >= 4 is 40.8 Å². The van der Waals surface area contributed by atoms with Crippen LogP contribution in [0.15, 0.2) is 54.6 Å². The molecule has 0 fully saturated rings. The standard InChI is InChI=1S/C24H21ClF2N4O2/c1-13-29-20(9-10-28)19-12-14(11-18-17-3-2-4-21(17)31(13)22(18)19)23(32)30-15-5-7-16(8-6-15)33-24(25,26)27/h2,4-13,17,21,28-29H,3H2,1H3,(H,30,32)/b20-9-,28-10?. The van der Waals surface area contributed by atoms with E-state index in [0.717, 1.165) is 28.9 Å². The molecule has 3 N–H and O–H groups in total. The fourth-order valence-electron chi connectivity index (χ4n) is 4.94. The van der Waals surface area contributed by atoms with Gasteiger partial charge in [0.05, 0.1) is 17.9 Å². The van der Waals surface area contributed by atoms with Gasteiger partial charge in [0.2, 0.25) is 0 Å². The molecule has 9 heteroatoms. The SMILES string of the molecule is CC1N/C(=C\C=N)c2cc(C(=O)Nc3ccc(OC(F)(F)Cl)cc3)cc3c2N1C1C=CCC31. The smallest absolute Gasteiger partial charge is 0.420 e. The van der Waals surface area contributed by atoms with Crippen LogP contribution in [-0.4, -0.2) is 29.9 Å². The van der Waals surface area contributed by atoms with E-state index >= 15 is 0 Å². The number of hydrogen-bond acceptors (Lipinski definition) is 5. The third kappa shape index (κ3) is 3.84. The van der Waals surface area contributed by atoms with Crippen LogP contribution in [0.1, 0.15) is 40.7 Å². The Hall–Kier alpha value is -3.39. The molecule has 0 bridgehead atoms. The summed E-state index contributed by atoms with van der Waals surface area (Å²) in [6, 6.07) is 9.54. The van der Waals surface area contributed by atoms with E-state index < -0.39 is 5.57 Å². The van der Waals surface area contributed by atoms with Crippen molar-refractivity contribution in [1.29, 1.82) is 5.41 Å². The van der Waals surface area contributed by atoms with Gasteiger partial charge in [0.25, 0.3) is 5.91 Å². The fourth-order valence-corrected chi connectivity index (χ4v) is 5.03. The van der Waals surface area contributed by atoms with Crippen LogP contribution in [0, 0.1) is 5.41 Å². The summed E-state index contributed by atoms with van der Waals surface area (Å²) < 4.78 is 29.9. The van der Waals surface area contributed by atoms with Crippen molar-refractivity contribution in [1.82, 2.24) is 5.32 Å². The predicted octanol–water partition coefficient (Wildman–Crippen LogP) is 5.28. The molecular weight excluding hydrogens is 450 g/mol. The lowest BCUT2D eigenvalue weighted by Crippen LogP contribution is -2.49. The van der Waals surface area contributed by atoms with Crippen molar-refractivity contribution in [3.05, 3.63) is 71.3 Å². The van der Waals surface area contributed by atoms with Crippen molar-refractivity contribution in [3.8, 4) is 5.75 Å². The Balaban J connectivity index is 1.47. The van der Waals surface area contributed by atoms with Gasteiger partial charge in [-0.05, 0) is 61.4 Å². The average Bonchev–Trinajstić information content (AvgIpc) is 3.34. The van der Waals surface area contributed by atoms with E-state index in [-0.39, 0.29) is 29.8 Å². The first kappa shape index (κ1) is 21.5. The molecule has 0 spiro atoms. The number of anilines is 2. The largest absolute Gasteiger partial charge is 0.487 e. The first-order valence-corrected chi connectivity index (χ1v) is 10.9. The highest BCUT2D eigenvalue weighted by molar-refractivity contribution is 6.20. The molecule has 3 atom stereocenters. The zero-order valence-corrected chi connectivity index (χ0v) is 18.4. The van der Waals surface area contributed by atoms with Crippen LogP contribution in [0.5, 0.6) is 5.75 Å². The number of carbonyl (C=O) groups excluding carboxylic acids is 1. The van der Waals surface area contributed by atoms with Crippen molar-refractivity contribution in [3.63, 3.8) is 0 Å². The second-order valence-electron chi connectivity index (χ2n) is 8.22. The van der Waals surface area contributed by atoms with Gasteiger partial charge in [0.15, 0.2) is 0 Å². The van der Waals surface area contributed by atoms with Gasteiger partial charge in [-0.25, -0.2) is 0 Å². The number of alkyl halides is 3. The minimum atomic E-state index is -3.80. The molecule has 0 aromatic heterocycles. The number of benzene rings is 2. The molecule has 0 saturated carbocycles. The number of ether oxygens (including phenoxy) is 1. The quantitative estimate of drug-likeness (QED) is 0.316. The number of hydrogen-bond donors (Lipinski definition) is 3. The Morgan fingerprint density at radius 3 is 2.79 bits per heavy atom. The Morgan fingerprint density at radius 2 is 2.09 bits per heavy atom. The molecule has 33 heavy (non-hydrogen) atoms. The summed E-state index contributed by atoms with van der Waals surface area (Å²) in [7, 11) is 0. The van der Waals surface area contributed by atoms with Crippen molar-refractivity contribution in [2.24, 2.45) is 0 Å². The number of halogens is 3. The zero-order valence-electron chi connectivity index (χ0n) is 17.6. The zero-order chi connectivity index (χ0) is 23.3. The van der Waals surface area contributed by atoms with Crippen LogP contribution in [0.3, 0.4) is 0 Å². The highest BCUT2D eigenvalue weighted by atomic mass is 35.5. The third-order valence-electron chi connectivity index (χ3n) is 6.18. The number of amides is 1. The van der Waals surface area contributed by atoms with E-state index in [9.17, 15) is 13.6 Å². The van der Waals surface area contributed by atoms with E-state index in [2.05, 4.69) is 39.3 Å². The highest BCUT2D eigenvalue weighted by Crippen LogP contribution is 2.52. The van der Waals surface area contributed by atoms with Gasteiger partial charge < -0.3 is 25.7 Å². The van der Waals surface area contributed by atoms with Crippen LogP contribution in [0.4, 0.5) is 20.2 Å². The number of fused-ring (bicyclic) bond motifs is 3. The van der Waals surface area contributed by atoms with Crippen LogP contribution in [0.2, 0.25) is 0 Å². The number of carbonyl (C=O) groups is 1. The number of allylic oxidation sites excluding steroid dienone is 2. The summed E-state index contributed by atoms with van der Waals surface area (Å²) in [5.74, 6) is -0.167. The monoisotopic (exact) mass is 470 g/mol. The van der Waals surface area contributed by atoms with Gasteiger partial charge in [-0.15, -0.1) is 8.78 Å². The second kappa shape index (κ2) is 7.88. The molecule has 2 heterocycles. The molecule has 3 aliphatic rings. The number of nitrogens with zero attached hydrogens (tertiary/aromatic N) is 1. The lowest BCUT2D eigenvalue weighted by molar-refractivity contribution is -0.0964. The Labute approximate surface area is 194 Å². The van der Waals surface area contributed by atoms with Gasteiger partial charge in [-0.3, -0.25) is 4.79 Å². The molecule has 1 aliphatic carbocycles. The lowest BCUT2D eigenvalue weighted by Gasteiger charge is -2.39. The topological polar surface area (TPSA) is 77.5 Å². The molecule has 1 amide bonds. The van der Waals surface area contributed by atoms with E-state index in [0.29, 0.717) is 11.3 Å². The molecule has 0 radical (unpaired) electrons. The van der Waals surface area contributed by atoms with E-state index in [1.165, 1.54) is 30.5 Å². The normalized spacial score (nSPS) is 23.7. The summed E-state index contributed by atoms with van der Waals surface area (Å²) >= 11 is 4.79. The summed E-state index contributed by atoms with van der Waals surface area (Å²) in [4.78, 5) is 15.5. The summed E-state index contributed by atoms with van der Waals surface area (Å²) in [6.07, 6.45) is 8.27. The van der Waals surface area contributed by atoms with E-state index in [4.69, 9.17) is 17.0 Å². The molecule has 170 valence electrons. The summed E-state index contributed by atoms with van der Waals surface area (Å²) in [5, 5.41) is 13.8. The molecule has 2 aromatic rings. The van der Waals surface area contributed by atoms with Gasteiger partial charge in [-0.2, -0.15) is 0 Å². The molecule has 2 aliphatic heterocycles. The van der Waals surface area contributed by atoms with Gasteiger partial charge in [-0.1, -0.05) is 12.2 Å². The predicted molar refractivity (Wildman–Crippen MR) is 124 cm³/mol. The van der Waals surface area contributed by atoms with Crippen molar-refractivity contribution in [2.75, 3.05) is 10.2 Å². The van der Waals surface area contributed by atoms with Crippen molar-refractivity contribution < 1.29 is 18.3 Å². The third-order valence-corrected chi connectivity index (χ3v) is 6.26. The average molecular weight is 471 g/mol. The first-order chi connectivity index (χ1) is 15.7. The molecule has 5 rings (SSSR count). The summed E-state index contributed by atoms with van der Waals surface area (Å²) in [5.41, 5.74) is 1.02. The fraction of sp³-hybridized carbons (Fsp3) is 0.250. The Bertz CT molecular complexity index is 1190. The van der Waals surface area contributed by atoms with Crippen LogP contribution in [0.25, 0.3) is 5.70 Å². The minimum Gasteiger partial charge on any atom is -0.420 e. The second-order valence-corrected chi connectivity index (χ2v) is 8.66. The van der Waals surface area contributed by atoms with Gasteiger partial charge in [0.1, 0.15) is 5.75 Å². The molecular formula is C24H21ClF2N4O2.